The topological polar surface area (TPSA) is 0 Å². The number of alkyl halides is 1. The van der Waals surface area contributed by atoms with Gasteiger partial charge in [0.1, 0.15) is 0 Å². The van der Waals surface area contributed by atoms with E-state index in [1.165, 1.54) is 42.4 Å². The van der Waals surface area contributed by atoms with E-state index in [2.05, 4.69) is 54.9 Å². The molecule has 1 atom stereocenters. The molecule has 1 aromatic carbocycles. The van der Waals surface area contributed by atoms with E-state index in [1.54, 1.807) is 0 Å². The van der Waals surface area contributed by atoms with Crippen molar-refractivity contribution in [3.8, 4) is 0 Å². The van der Waals surface area contributed by atoms with Gasteiger partial charge in [-0.2, -0.15) is 0 Å². The summed E-state index contributed by atoms with van der Waals surface area (Å²) in [6.45, 7) is 6.80. The summed E-state index contributed by atoms with van der Waals surface area (Å²) in [5.74, 6) is 1.76. The van der Waals surface area contributed by atoms with Crippen molar-refractivity contribution in [2.24, 2.45) is 11.8 Å². The van der Waals surface area contributed by atoms with E-state index in [4.69, 9.17) is 0 Å². The molecule has 17 heavy (non-hydrogen) atoms. The molecule has 1 saturated carbocycles. The summed E-state index contributed by atoms with van der Waals surface area (Å²) in [6.07, 6.45) is 5.56. The lowest BCUT2D eigenvalue weighted by Gasteiger charge is -2.30. The Morgan fingerprint density at radius 2 is 1.76 bits per heavy atom. The van der Waals surface area contributed by atoms with Crippen LogP contribution in [0.3, 0.4) is 0 Å². The Labute approximate surface area is 114 Å². The smallest absolute Gasteiger partial charge is 0.0426 e. The standard InChI is InChI=1S/C16H23Br/c1-11-5-8-14(9-6-11)16(17)15-10-12(2)4-7-13(15)3/h4,7,10-11,14,16H,5-6,8-9H2,1-3H3. The molecule has 0 N–H and O–H groups in total. The fourth-order valence-corrected chi connectivity index (χ4v) is 3.91. The van der Waals surface area contributed by atoms with Gasteiger partial charge in [-0.1, -0.05) is 59.5 Å². The SMILES string of the molecule is Cc1ccc(C)c(C(Br)C2CCC(C)CC2)c1. The van der Waals surface area contributed by atoms with Crippen molar-refractivity contribution >= 4 is 15.9 Å². The molecular weight excluding hydrogens is 272 g/mol. The zero-order chi connectivity index (χ0) is 12.4. The Balaban J connectivity index is 2.13. The molecule has 0 radical (unpaired) electrons. The van der Waals surface area contributed by atoms with Gasteiger partial charge < -0.3 is 0 Å². The maximum atomic E-state index is 3.95. The van der Waals surface area contributed by atoms with Crippen molar-refractivity contribution in [2.75, 3.05) is 0 Å². The van der Waals surface area contributed by atoms with Crippen molar-refractivity contribution in [1.29, 1.82) is 0 Å². The van der Waals surface area contributed by atoms with Crippen LogP contribution in [0.25, 0.3) is 0 Å². The van der Waals surface area contributed by atoms with Gasteiger partial charge in [-0.05, 0) is 49.7 Å². The van der Waals surface area contributed by atoms with Crippen LogP contribution < -0.4 is 0 Å². The summed E-state index contributed by atoms with van der Waals surface area (Å²) < 4.78 is 0. The number of halogens is 1. The maximum Gasteiger partial charge on any atom is 0.0426 e. The van der Waals surface area contributed by atoms with Crippen molar-refractivity contribution in [1.82, 2.24) is 0 Å². The lowest BCUT2D eigenvalue weighted by Crippen LogP contribution is -2.16. The fourth-order valence-electron chi connectivity index (χ4n) is 2.89. The summed E-state index contributed by atoms with van der Waals surface area (Å²) in [6, 6.07) is 6.82. The quantitative estimate of drug-likeness (QED) is 0.626. The van der Waals surface area contributed by atoms with Crippen molar-refractivity contribution in [2.45, 2.75) is 51.3 Å². The van der Waals surface area contributed by atoms with Gasteiger partial charge in [-0.3, -0.25) is 0 Å². The first-order valence-corrected chi connectivity index (χ1v) is 7.70. The van der Waals surface area contributed by atoms with Crippen molar-refractivity contribution in [3.63, 3.8) is 0 Å². The highest BCUT2D eigenvalue weighted by atomic mass is 79.9. The fraction of sp³-hybridized carbons (Fsp3) is 0.625. The normalized spacial score (nSPS) is 26.8. The molecule has 0 nitrogen and oxygen atoms in total. The van der Waals surface area contributed by atoms with Gasteiger partial charge in [-0.25, -0.2) is 0 Å². The third-order valence-electron chi connectivity index (χ3n) is 4.21. The van der Waals surface area contributed by atoms with Crippen molar-refractivity contribution in [3.05, 3.63) is 34.9 Å². The van der Waals surface area contributed by atoms with Gasteiger partial charge in [0.2, 0.25) is 0 Å². The highest BCUT2D eigenvalue weighted by molar-refractivity contribution is 9.09. The summed E-state index contributed by atoms with van der Waals surface area (Å²) in [7, 11) is 0. The molecule has 0 amide bonds. The summed E-state index contributed by atoms with van der Waals surface area (Å²) in [5.41, 5.74) is 4.31. The van der Waals surface area contributed by atoms with Crippen LogP contribution in [0, 0.1) is 25.7 Å². The largest absolute Gasteiger partial charge is 0.0836 e. The van der Waals surface area contributed by atoms with E-state index in [9.17, 15) is 0 Å². The first-order valence-electron chi connectivity index (χ1n) is 6.79. The van der Waals surface area contributed by atoms with Crippen LogP contribution in [0.15, 0.2) is 18.2 Å². The monoisotopic (exact) mass is 294 g/mol. The summed E-state index contributed by atoms with van der Waals surface area (Å²) >= 11 is 3.95. The minimum Gasteiger partial charge on any atom is -0.0836 e. The average Bonchev–Trinajstić information content (AvgIpc) is 2.32. The zero-order valence-corrected chi connectivity index (χ0v) is 12.8. The lowest BCUT2D eigenvalue weighted by atomic mass is 9.79. The molecule has 0 heterocycles. The number of rotatable bonds is 2. The van der Waals surface area contributed by atoms with E-state index in [0.29, 0.717) is 4.83 Å². The molecule has 1 unspecified atom stereocenters. The van der Waals surface area contributed by atoms with Crippen LogP contribution >= 0.6 is 15.9 Å². The number of hydrogen-bond donors (Lipinski definition) is 0. The van der Waals surface area contributed by atoms with Crippen molar-refractivity contribution < 1.29 is 0 Å². The van der Waals surface area contributed by atoms with Gasteiger partial charge in [-0.15, -0.1) is 0 Å². The van der Waals surface area contributed by atoms with Crippen LogP contribution in [0.1, 0.15) is 54.1 Å². The Hall–Kier alpha value is -0.300. The van der Waals surface area contributed by atoms with Gasteiger partial charge in [0, 0.05) is 4.83 Å². The van der Waals surface area contributed by atoms with Crippen LogP contribution in [0.4, 0.5) is 0 Å². The third kappa shape index (κ3) is 3.13. The molecule has 0 aromatic heterocycles. The third-order valence-corrected chi connectivity index (χ3v) is 5.45. The van der Waals surface area contributed by atoms with E-state index < -0.39 is 0 Å². The molecule has 1 aromatic rings. The second-order valence-corrected chi connectivity index (χ2v) is 6.77. The van der Waals surface area contributed by atoms with Crippen LogP contribution in [-0.2, 0) is 0 Å². The average molecular weight is 295 g/mol. The zero-order valence-electron chi connectivity index (χ0n) is 11.2. The molecule has 1 fully saturated rings. The molecule has 94 valence electrons. The predicted molar refractivity (Wildman–Crippen MR) is 78.7 cm³/mol. The minimum atomic E-state index is 0.551. The van der Waals surface area contributed by atoms with Crippen LogP contribution in [-0.4, -0.2) is 0 Å². The molecule has 1 aliphatic rings. The van der Waals surface area contributed by atoms with Gasteiger partial charge in [0.05, 0.1) is 0 Å². The molecular formula is C16H23Br. The van der Waals surface area contributed by atoms with Crippen LogP contribution in [0.5, 0.6) is 0 Å². The first-order chi connectivity index (χ1) is 8.08. The molecule has 1 aliphatic carbocycles. The molecule has 0 saturated heterocycles. The highest BCUT2D eigenvalue weighted by Crippen LogP contribution is 2.42. The molecule has 2 rings (SSSR count). The Morgan fingerprint density at radius 1 is 1.12 bits per heavy atom. The predicted octanol–water partition coefficient (Wildman–Crippen LogP) is 5.57. The summed E-state index contributed by atoms with van der Waals surface area (Å²) in [5, 5.41) is 0. The van der Waals surface area contributed by atoms with E-state index in [-0.39, 0.29) is 0 Å². The first kappa shape index (κ1) is 13.1. The summed E-state index contributed by atoms with van der Waals surface area (Å²) in [4.78, 5) is 0.551. The lowest BCUT2D eigenvalue weighted by molar-refractivity contribution is 0.287. The Kier molecular flexibility index (Phi) is 4.30. The molecule has 0 spiro atoms. The minimum absolute atomic E-state index is 0.551. The number of benzene rings is 1. The number of hydrogen-bond acceptors (Lipinski definition) is 0. The van der Waals surface area contributed by atoms with E-state index >= 15 is 0 Å². The van der Waals surface area contributed by atoms with E-state index in [0.717, 1.165) is 11.8 Å². The Bertz CT molecular complexity index is 375. The second-order valence-electron chi connectivity index (χ2n) is 5.78. The van der Waals surface area contributed by atoms with E-state index in [1.807, 2.05) is 0 Å². The molecule has 0 bridgehead atoms. The highest BCUT2D eigenvalue weighted by Gasteiger charge is 2.26. The Morgan fingerprint density at radius 3 is 2.41 bits per heavy atom. The molecule has 1 heteroatoms. The van der Waals surface area contributed by atoms with Gasteiger partial charge >= 0.3 is 0 Å². The maximum absolute atomic E-state index is 3.95. The van der Waals surface area contributed by atoms with Gasteiger partial charge in [0.15, 0.2) is 0 Å². The number of aryl methyl sites for hydroxylation is 2. The van der Waals surface area contributed by atoms with Crippen LogP contribution in [0.2, 0.25) is 0 Å². The second kappa shape index (κ2) is 5.56. The molecule has 0 aliphatic heterocycles. The van der Waals surface area contributed by atoms with Gasteiger partial charge in [0.25, 0.3) is 0 Å².